The summed E-state index contributed by atoms with van der Waals surface area (Å²) in [6, 6.07) is 69.5. The van der Waals surface area contributed by atoms with Gasteiger partial charge < -0.3 is 9.88 Å². The summed E-state index contributed by atoms with van der Waals surface area (Å²) in [7, 11) is 0. The van der Waals surface area contributed by atoms with E-state index in [4.69, 9.17) is 9.98 Å². The molecule has 62 heavy (non-hydrogen) atoms. The van der Waals surface area contributed by atoms with Crippen molar-refractivity contribution in [3.63, 3.8) is 0 Å². The molecule has 1 atom stereocenters. The van der Waals surface area contributed by atoms with Crippen LogP contribution in [0.4, 0.5) is 0 Å². The Labute approximate surface area is 360 Å². The molecule has 294 valence electrons. The third-order valence-electron chi connectivity index (χ3n) is 12.4. The molecule has 2 aliphatic rings. The largest absolute Gasteiger partial charge is 0.344 e. The van der Waals surface area contributed by atoms with Gasteiger partial charge in [0.25, 0.3) is 0 Å². The predicted octanol–water partition coefficient (Wildman–Crippen LogP) is 13.9. The number of para-hydroxylation sites is 2. The first kappa shape index (κ1) is 35.9. The van der Waals surface area contributed by atoms with Crippen LogP contribution in [0.3, 0.4) is 0 Å². The Morgan fingerprint density at radius 1 is 0.468 bits per heavy atom. The van der Waals surface area contributed by atoms with Gasteiger partial charge in [-0.25, -0.2) is 4.99 Å². The topological polar surface area (TPSA) is 46.6 Å². The van der Waals surface area contributed by atoms with Crippen molar-refractivity contribution in [2.75, 3.05) is 0 Å². The van der Waals surface area contributed by atoms with Crippen LogP contribution >= 0.6 is 0 Å². The first-order chi connectivity index (χ1) is 30.8. The summed E-state index contributed by atoms with van der Waals surface area (Å²) in [5.74, 6) is 1.42. The maximum Gasteiger partial charge on any atom is 0.234 e. The van der Waals surface area contributed by atoms with E-state index in [0.717, 1.165) is 57.3 Å². The van der Waals surface area contributed by atoms with Gasteiger partial charge in [-0.1, -0.05) is 182 Å². The lowest BCUT2D eigenvalue weighted by atomic mass is 9.94. The zero-order valence-corrected chi connectivity index (χ0v) is 34.0. The molecule has 10 aromatic rings. The summed E-state index contributed by atoms with van der Waals surface area (Å²) in [6.07, 6.45) is 8.74. The lowest BCUT2D eigenvalue weighted by Gasteiger charge is -2.24. The lowest BCUT2D eigenvalue weighted by Crippen LogP contribution is -2.35. The number of amidine groups is 1. The molecular weight excluding hydrogens is 755 g/mol. The van der Waals surface area contributed by atoms with E-state index in [0.29, 0.717) is 5.96 Å². The Hall–Kier alpha value is -8.02. The smallest absolute Gasteiger partial charge is 0.234 e. The lowest BCUT2D eigenvalue weighted by molar-refractivity contribution is 0.668. The number of nitrogens with zero attached hydrogens (tertiary/aromatic N) is 4. The highest BCUT2D eigenvalue weighted by Gasteiger charge is 2.26. The summed E-state index contributed by atoms with van der Waals surface area (Å²) >= 11 is 0. The molecule has 3 heterocycles. The number of benzene rings is 8. The molecule has 1 aliphatic carbocycles. The molecule has 1 N–H and O–H groups in total. The molecule has 0 fully saturated rings. The van der Waals surface area contributed by atoms with Crippen molar-refractivity contribution in [2.45, 2.75) is 19.0 Å². The van der Waals surface area contributed by atoms with Crippen molar-refractivity contribution < 1.29 is 0 Å². The number of rotatable bonds is 6. The molecule has 8 aromatic carbocycles. The first-order valence-electron chi connectivity index (χ1n) is 21.4. The standard InChI is InChI=1S/C57H41N5/c1-5-17-38(18-6-1)40-29-31-43(32-30-40)56-58-55(42-23-11-4-12-24-42)59-57(60-56)62-49-28-16-14-26-47(49)54-51(62)36-35-50-53(54)46-25-13-15-27-48(46)61(50)52-37-44(39-19-7-2-8-20-39)33-34-45(52)41-21-9-3-10-22-41/h1-2,4-9,11-37,55H,3,10H2,(H,58,59,60). The zero-order valence-electron chi connectivity index (χ0n) is 34.0. The highest BCUT2D eigenvalue weighted by atomic mass is 15.3. The third-order valence-corrected chi connectivity index (χ3v) is 12.4. The molecule has 0 saturated carbocycles. The second-order valence-corrected chi connectivity index (χ2v) is 16.1. The number of hydrogen-bond acceptors (Lipinski definition) is 3. The second-order valence-electron chi connectivity index (χ2n) is 16.1. The van der Waals surface area contributed by atoms with E-state index in [1.54, 1.807) is 0 Å². The fourth-order valence-corrected chi connectivity index (χ4v) is 9.52. The fraction of sp³-hybridized carbons (Fsp3) is 0.0526. The molecule has 1 aliphatic heterocycles. The quantitative estimate of drug-likeness (QED) is 0.179. The van der Waals surface area contributed by atoms with Crippen molar-refractivity contribution in [2.24, 2.45) is 9.98 Å². The minimum atomic E-state index is -0.340. The molecule has 0 bridgehead atoms. The van der Waals surface area contributed by atoms with Crippen LogP contribution in [-0.2, 0) is 0 Å². The molecule has 5 heteroatoms. The minimum Gasteiger partial charge on any atom is -0.344 e. The van der Waals surface area contributed by atoms with Gasteiger partial charge in [0.2, 0.25) is 5.96 Å². The normalized spacial score (nSPS) is 15.2. The van der Waals surface area contributed by atoms with Crippen molar-refractivity contribution in [1.82, 2.24) is 14.5 Å². The highest BCUT2D eigenvalue weighted by molar-refractivity contribution is 6.30. The van der Waals surface area contributed by atoms with Crippen LogP contribution in [-0.4, -0.2) is 20.9 Å². The second kappa shape index (κ2) is 14.9. The Bertz CT molecular complexity index is 3460. The van der Waals surface area contributed by atoms with Crippen molar-refractivity contribution in [3.05, 3.63) is 229 Å². The molecule has 0 amide bonds. The number of hydrogen-bond donors (Lipinski definition) is 1. The summed E-state index contributed by atoms with van der Waals surface area (Å²) in [4.78, 5) is 10.8. The van der Waals surface area contributed by atoms with Gasteiger partial charge in [-0.05, 0) is 76.6 Å². The van der Waals surface area contributed by atoms with E-state index in [1.807, 2.05) is 6.07 Å². The van der Waals surface area contributed by atoms with Gasteiger partial charge in [-0.2, -0.15) is 4.99 Å². The molecule has 0 radical (unpaired) electrons. The maximum absolute atomic E-state index is 5.40. The van der Waals surface area contributed by atoms with Gasteiger partial charge >= 0.3 is 0 Å². The number of aromatic nitrogens is 2. The van der Waals surface area contributed by atoms with Crippen molar-refractivity contribution in [1.29, 1.82) is 0 Å². The molecule has 2 aromatic heterocycles. The van der Waals surface area contributed by atoms with E-state index in [9.17, 15) is 0 Å². The molecule has 5 nitrogen and oxygen atoms in total. The van der Waals surface area contributed by atoms with Crippen LogP contribution < -0.4 is 5.32 Å². The van der Waals surface area contributed by atoms with Gasteiger partial charge in [0, 0.05) is 32.7 Å². The van der Waals surface area contributed by atoms with E-state index < -0.39 is 0 Å². The molecule has 0 saturated heterocycles. The third kappa shape index (κ3) is 6.01. The molecular formula is C57H41N5. The summed E-state index contributed by atoms with van der Waals surface area (Å²) in [6.45, 7) is 0. The predicted molar refractivity (Wildman–Crippen MR) is 259 cm³/mol. The van der Waals surface area contributed by atoms with Gasteiger partial charge in [-0.3, -0.25) is 4.57 Å². The molecule has 0 spiro atoms. The van der Waals surface area contributed by atoms with Gasteiger partial charge in [-0.15, -0.1) is 0 Å². The highest BCUT2D eigenvalue weighted by Crippen LogP contribution is 2.43. The number of allylic oxidation sites excluding steroid dienone is 4. The van der Waals surface area contributed by atoms with Crippen molar-refractivity contribution in [3.8, 4) is 27.9 Å². The average Bonchev–Trinajstić information content (AvgIpc) is 3.88. The van der Waals surface area contributed by atoms with E-state index in [-0.39, 0.29) is 6.17 Å². The SMILES string of the molecule is C1=CC(c2ccc(-c3ccccc3)cc2-n2c3ccccc3c3c4c5ccccc5n(C5=NC(c6ccccc6)NC(c6ccc(-c7ccccc7)cc6)=N5)c4ccc32)=CCC1. The van der Waals surface area contributed by atoms with Crippen LogP contribution in [0.15, 0.2) is 222 Å². The summed E-state index contributed by atoms with van der Waals surface area (Å²) < 4.78 is 4.76. The summed E-state index contributed by atoms with van der Waals surface area (Å²) in [5, 5.41) is 8.46. The van der Waals surface area contributed by atoms with Crippen LogP contribution in [0.5, 0.6) is 0 Å². The number of nitrogens with one attached hydrogen (secondary N) is 1. The zero-order chi connectivity index (χ0) is 41.0. The van der Waals surface area contributed by atoms with E-state index >= 15 is 0 Å². The Balaban J connectivity index is 1.10. The van der Waals surface area contributed by atoms with Crippen LogP contribution in [0.1, 0.15) is 35.7 Å². The van der Waals surface area contributed by atoms with E-state index in [1.165, 1.54) is 55.2 Å². The Kier molecular flexibility index (Phi) is 8.63. The van der Waals surface area contributed by atoms with Crippen LogP contribution in [0, 0.1) is 0 Å². The van der Waals surface area contributed by atoms with Gasteiger partial charge in [0.15, 0.2) is 0 Å². The molecule has 12 rings (SSSR count). The Morgan fingerprint density at radius 3 is 1.68 bits per heavy atom. The number of fused-ring (bicyclic) bond motifs is 7. The van der Waals surface area contributed by atoms with Crippen molar-refractivity contribution >= 4 is 61.0 Å². The average molecular weight is 796 g/mol. The van der Waals surface area contributed by atoms with Crippen LogP contribution in [0.2, 0.25) is 0 Å². The first-order valence-corrected chi connectivity index (χ1v) is 21.4. The fourth-order valence-electron chi connectivity index (χ4n) is 9.52. The monoisotopic (exact) mass is 795 g/mol. The van der Waals surface area contributed by atoms with E-state index in [2.05, 4.69) is 221 Å². The van der Waals surface area contributed by atoms with Gasteiger partial charge in [0.05, 0.1) is 27.8 Å². The summed E-state index contributed by atoms with van der Waals surface area (Å²) in [5.41, 5.74) is 14.9. The van der Waals surface area contributed by atoms with Gasteiger partial charge in [0.1, 0.15) is 12.0 Å². The Morgan fingerprint density at radius 2 is 1.02 bits per heavy atom. The minimum absolute atomic E-state index is 0.340. The number of aliphatic imine (C=N–C) groups is 2. The molecule has 1 unspecified atom stereocenters. The maximum atomic E-state index is 5.40. The van der Waals surface area contributed by atoms with Crippen LogP contribution in [0.25, 0.3) is 77.1 Å².